The number of hydrogen-bond acceptors (Lipinski definition) is 3. The molecule has 0 aromatic heterocycles. The number of amides is 1. The van der Waals surface area contributed by atoms with E-state index in [0.717, 1.165) is 17.7 Å². The normalized spacial score (nSPS) is 13.8. The lowest BCUT2D eigenvalue weighted by Gasteiger charge is -2.20. The van der Waals surface area contributed by atoms with E-state index >= 15 is 0 Å². The number of hydrogen-bond donors (Lipinski definition) is 2. The van der Waals surface area contributed by atoms with Crippen LogP contribution in [0.4, 0.5) is 0 Å². The highest BCUT2D eigenvalue weighted by molar-refractivity contribution is 5.76. The lowest BCUT2D eigenvalue weighted by Crippen LogP contribution is -2.31. The van der Waals surface area contributed by atoms with Crippen LogP contribution in [0.1, 0.15) is 45.2 Å². The Morgan fingerprint density at radius 3 is 2.52 bits per heavy atom. The maximum Gasteiger partial charge on any atom is 0.220 e. The lowest BCUT2D eigenvalue weighted by atomic mass is 9.94. The summed E-state index contributed by atoms with van der Waals surface area (Å²) >= 11 is 0. The molecule has 1 aromatic carbocycles. The summed E-state index contributed by atoms with van der Waals surface area (Å²) in [5, 5.41) is 3.03. The Balaban J connectivity index is 2.61. The summed E-state index contributed by atoms with van der Waals surface area (Å²) in [6.07, 6.45) is 1.46. The zero-order chi connectivity index (χ0) is 15.8. The van der Waals surface area contributed by atoms with E-state index < -0.39 is 0 Å². The van der Waals surface area contributed by atoms with Crippen molar-refractivity contribution in [2.75, 3.05) is 13.7 Å². The SMILES string of the molecule is COc1ccccc1[C@@H](C)NC(=O)CC(CN)CC(C)C. The number of methoxy groups -OCH3 is 1. The summed E-state index contributed by atoms with van der Waals surface area (Å²) in [4.78, 5) is 12.2. The highest BCUT2D eigenvalue weighted by atomic mass is 16.5. The quantitative estimate of drug-likeness (QED) is 0.774. The lowest BCUT2D eigenvalue weighted by molar-refractivity contribution is -0.122. The molecule has 1 amide bonds. The summed E-state index contributed by atoms with van der Waals surface area (Å²) in [6, 6.07) is 7.66. The summed E-state index contributed by atoms with van der Waals surface area (Å²) in [5.41, 5.74) is 6.74. The molecule has 0 bridgehead atoms. The van der Waals surface area contributed by atoms with Crippen LogP contribution in [0.25, 0.3) is 0 Å². The first kappa shape index (κ1) is 17.5. The zero-order valence-corrected chi connectivity index (χ0v) is 13.6. The van der Waals surface area contributed by atoms with Gasteiger partial charge in [-0.3, -0.25) is 4.79 Å². The van der Waals surface area contributed by atoms with Gasteiger partial charge < -0.3 is 15.8 Å². The van der Waals surface area contributed by atoms with E-state index in [1.807, 2.05) is 31.2 Å². The van der Waals surface area contributed by atoms with Gasteiger partial charge in [0.05, 0.1) is 13.2 Å². The molecule has 0 aliphatic rings. The van der Waals surface area contributed by atoms with Crippen LogP contribution in [0.15, 0.2) is 24.3 Å². The molecular formula is C17H28N2O2. The average molecular weight is 292 g/mol. The van der Waals surface area contributed by atoms with Crippen molar-refractivity contribution in [2.45, 2.75) is 39.7 Å². The topological polar surface area (TPSA) is 64.3 Å². The van der Waals surface area contributed by atoms with Gasteiger partial charge in [0, 0.05) is 12.0 Å². The van der Waals surface area contributed by atoms with Crippen molar-refractivity contribution in [1.29, 1.82) is 0 Å². The fourth-order valence-electron chi connectivity index (χ4n) is 2.59. The smallest absolute Gasteiger partial charge is 0.220 e. The summed E-state index contributed by atoms with van der Waals surface area (Å²) in [7, 11) is 1.64. The summed E-state index contributed by atoms with van der Waals surface area (Å²) < 4.78 is 5.33. The highest BCUT2D eigenvalue weighted by Gasteiger charge is 2.17. The van der Waals surface area contributed by atoms with Gasteiger partial charge in [0.1, 0.15) is 5.75 Å². The number of nitrogens with two attached hydrogens (primary N) is 1. The van der Waals surface area contributed by atoms with Crippen molar-refractivity contribution in [1.82, 2.24) is 5.32 Å². The molecule has 0 radical (unpaired) electrons. The largest absolute Gasteiger partial charge is 0.496 e. The van der Waals surface area contributed by atoms with Gasteiger partial charge in [0.2, 0.25) is 5.91 Å². The molecule has 0 aliphatic carbocycles. The van der Waals surface area contributed by atoms with Crippen LogP contribution >= 0.6 is 0 Å². The van der Waals surface area contributed by atoms with Crippen molar-refractivity contribution in [3.05, 3.63) is 29.8 Å². The Bertz CT molecular complexity index is 446. The maximum absolute atomic E-state index is 12.2. The molecule has 0 saturated heterocycles. The van der Waals surface area contributed by atoms with Crippen LogP contribution in [0.3, 0.4) is 0 Å². The predicted molar refractivity (Wildman–Crippen MR) is 86.2 cm³/mol. The van der Waals surface area contributed by atoms with Crippen LogP contribution in [-0.4, -0.2) is 19.6 Å². The van der Waals surface area contributed by atoms with Crippen LogP contribution < -0.4 is 15.8 Å². The highest BCUT2D eigenvalue weighted by Crippen LogP contribution is 2.24. The first-order valence-corrected chi connectivity index (χ1v) is 7.60. The third-order valence-corrected chi connectivity index (χ3v) is 3.60. The minimum Gasteiger partial charge on any atom is -0.496 e. The van der Waals surface area contributed by atoms with Gasteiger partial charge in [-0.1, -0.05) is 32.0 Å². The average Bonchev–Trinajstić information content (AvgIpc) is 2.45. The Morgan fingerprint density at radius 1 is 1.29 bits per heavy atom. The molecule has 0 fully saturated rings. The molecule has 1 aromatic rings. The first-order valence-electron chi connectivity index (χ1n) is 7.60. The van der Waals surface area contributed by atoms with E-state index in [4.69, 9.17) is 10.5 Å². The fourth-order valence-corrected chi connectivity index (χ4v) is 2.59. The van der Waals surface area contributed by atoms with Crippen LogP contribution in [-0.2, 0) is 4.79 Å². The molecule has 0 aliphatic heterocycles. The molecule has 4 heteroatoms. The van der Waals surface area contributed by atoms with Crippen molar-refractivity contribution < 1.29 is 9.53 Å². The van der Waals surface area contributed by atoms with Crippen molar-refractivity contribution in [3.8, 4) is 5.75 Å². The molecule has 0 spiro atoms. The van der Waals surface area contributed by atoms with E-state index in [0.29, 0.717) is 18.9 Å². The van der Waals surface area contributed by atoms with E-state index in [1.54, 1.807) is 7.11 Å². The number of carbonyl (C=O) groups excluding carboxylic acids is 1. The Kier molecular flexibility index (Phi) is 7.23. The van der Waals surface area contributed by atoms with Gasteiger partial charge in [-0.05, 0) is 37.8 Å². The Hall–Kier alpha value is -1.55. The zero-order valence-electron chi connectivity index (χ0n) is 13.6. The van der Waals surface area contributed by atoms with E-state index in [-0.39, 0.29) is 17.9 Å². The Morgan fingerprint density at radius 2 is 1.95 bits per heavy atom. The molecular weight excluding hydrogens is 264 g/mol. The number of carbonyl (C=O) groups is 1. The third kappa shape index (κ3) is 5.76. The monoisotopic (exact) mass is 292 g/mol. The third-order valence-electron chi connectivity index (χ3n) is 3.60. The molecule has 1 unspecified atom stereocenters. The minimum absolute atomic E-state index is 0.0458. The molecule has 0 saturated carbocycles. The van der Waals surface area contributed by atoms with Crippen molar-refractivity contribution in [2.24, 2.45) is 17.6 Å². The second kappa shape index (κ2) is 8.67. The number of ether oxygens (including phenoxy) is 1. The van der Waals surface area contributed by atoms with E-state index in [2.05, 4.69) is 19.2 Å². The van der Waals surface area contributed by atoms with Gasteiger partial charge in [0.15, 0.2) is 0 Å². The standard InChI is InChI=1S/C17H28N2O2/c1-12(2)9-14(11-18)10-17(20)19-13(3)15-7-5-6-8-16(15)21-4/h5-8,12-14H,9-11,18H2,1-4H3,(H,19,20)/t13-,14?/m1/s1. The van der Waals surface area contributed by atoms with Crippen LogP contribution in [0, 0.1) is 11.8 Å². The van der Waals surface area contributed by atoms with Crippen molar-refractivity contribution in [3.63, 3.8) is 0 Å². The fraction of sp³-hybridized carbons (Fsp3) is 0.588. The maximum atomic E-state index is 12.2. The Labute approximate surface area is 128 Å². The number of rotatable bonds is 8. The molecule has 3 N–H and O–H groups in total. The molecule has 118 valence electrons. The number of para-hydroxylation sites is 1. The second-order valence-electron chi connectivity index (χ2n) is 5.97. The molecule has 0 heterocycles. The minimum atomic E-state index is -0.0777. The van der Waals surface area contributed by atoms with Gasteiger partial charge in [-0.25, -0.2) is 0 Å². The predicted octanol–water partition coefficient (Wildman–Crippen LogP) is 2.88. The van der Waals surface area contributed by atoms with Crippen LogP contribution in [0.5, 0.6) is 5.75 Å². The van der Waals surface area contributed by atoms with Gasteiger partial charge in [0.25, 0.3) is 0 Å². The summed E-state index contributed by atoms with van der Waals surface area (Å²) in [6.45, 7) is 6.82. The van der Waals surface area contributed by atoms with Gasteiger partial charge in [-0.15, -0.1) is 0 Å². The van der Waals surface area contributed by atoms with E-state index in [9.17, 15) is 4.79 Å². The molecule has 2 atom stereocenters. The van der Waals surface area contributed by atoms with E-state index in [1.165, 1.54) is 0 Å². The molecule has 21 heavy (non-hydrogen) atoms. The van der Waals surface area contributed by atoms with Gasteiger partial charge >= 0.3 is 0 Å². The van der Waals surface area contributed by atoms with Crippen molar-refractivity contribution >= 4 is 5.91 Å². The molecule has 4 nitrogen and oxygen atoms in total. The second-order valence-corrected chi connectivity index (χ2v) is 5.97. The first-order chi connectivity index (χ1) is 9.97. The number of benzene rings is 1. The summed E-state index contributed by atoms with van der Waals surface area (Å²) in [5.74, 6) is 1.64. The number of nitrogens with one attached hydrogen (secondary N) is 1. The van der Waals surface area contributed by atoms with Crippen LogP contribution in [0.2, 0.25) is 0 Å². The molecule has 1 rings (SSSR count). The van der Waals surface area contributed by atoms with Gasteiger partial charge in [-0.2, -0.15) is 0 Å².